The number of aromatic carboxylic acids is 1. The highest BCUT2D eigenvalue weighted by atomic mass is 35.5. The molecule has 2 atom stereocenters. The van der Waals surface area contributed by atoms with Gasteiger partial charge in [0.05, 0.1) is 70.5 Å². The lowest BCUT2D eigenvalue weighted by molar-refractivity contribution is 0.0398. The summed E-state index contributed by atoms with van der Waals surface area (Å²) in [7, 11) is 6.56. The number of carbonyl (C=O) groups is 3. The molecule has 21 nitrogen and oxygen atoms in total. The number of rotatable bonds is 20. The zero-order valence-corrected chi connectivity index (χ0v) is 65.3. The largest absolute Gasteiger partial charge is 0.493 e. The number of nitrogens with two attached hydrogens (primary N) is 2. The second kappa shape index (κ2) is 40.1. The molecule has 0 radical (unpaired) electrons. The number of nitrogens with one attached hydrogen (secondary N) is 3. The van der Waals surface area contributed by atoms with E-state index in [9.17, 15) is 33.4 Å². The molecule has 10 N–H and O–H groups in total. The number of nitrogens with zero attached hydrogens (tertiary/aromatic N) is 5. The summed E-state index contributed by atoms with van der Waals surface area (Å²) in [6, 6.07) is 35.2. The Bertz CT molecular complexity index is 4430. The van der Waals surface area contributed by atoms with Gasteiger partial charge in [-0.05, 0) is 212 Å². The van der Waals surface area contributed by atoms with Crippen molar-refractivity contribution in [2.45, 2.75) is 115 Å². The number of anilines is 4. The summed E-state index contributed by atoms with van der Waals surface area (Å²) in [6.45, 7) is 10.6. The molecular formula is C75H80Cl8F2N10O11. The summed E-state index contributed by atoms with van der Waals surface area (Å²) < 4.78 is 53.8. The number of halogens is 10. The Hall–Kier alpha value is -8.30. The Morgan fingerprint density at radius 2 is 0.953 bits per heavy atom. The van der Waals surface area contributed by atoms with Gasteiger partial charge in [-0.2, -0.15) is 0 Å². The number of carboxylic acid groups (broad SMARTS) is 1. The number of aromatic nitrogens is 5. The van der Waals surface area contributed by atoms with E-state index in [-0.39, 0.29) is 63.3 Å². The smallest absolute Gasteiger partial charge is 0.412 e. The maximum absolute atomic E-state index is 13.6. The van der Waals surface area contributed by atoms with Crippen LogP contribution in [0.3, 0.4) is 0 Å². The van der Waals surface area contributed by atoms with Gasteiger partial charge in [-0.1, -0.05) is 99.7 Å². The van der Waals surface area contributed by atoms with Gasteiger partial charge in [0.1, 0.15) is 59.4 Å². The van der Waals surface area contributed by atoms with Crippen LogP contribution in [0, 0.1) is 11.6 Å². The summed E-state index contributed by atoms with van der Waals surface area (Å²) in [5, 5.41) is 40.9. The number of ether oxygens (including phenoxy) is 5. The Balaban J connectivity index is 0.000000213. The predicted molar refractivity (Wildman–Crippen MR) is 417 cm³/mol. The minimum absolute atomic E-state index is 0.0120. The lowest BCUT2D eigenvalue weighted by atomic mass is 9.92. The Labute approximate surface area is 653 Å². The molecule has 2 aliphatic carbocycles. The lowest BCUT2D eigenvalue weighted by Crippen LogP contribution is -2.32. The summed E-state index contributed by atoms with van der Waals surface area (Å²) in [5.41, 5.74) is 15.2. The van der Waals surface area contributed by atoms with Crippen LogP contribution in [0.15, 0.2) is 133 Å². The topological polar surface area (TPSA) is 311 Å². The first-order valence-electron chi connectivity index (χ1n) is 32.6. The molecule has 106 heavy (non-hydrogen) atoms. The molecule has 2 saturated carbocycles. The second-order valence-electron chi connectivity index (χ2n) is 25.0. The van der Waals surface area contributed by atoms with Crippen LogP contribution in [0.1, 0.15) is 118 Å². The number of carboxylic acids is 1. The molecule has 2 aliphatic rings. The normalized spacial score (nSPS) is 13.1. The van der Waals surface area contributed by atoms with E-state index in [0.29, 0.717) is 100 Å². The number of benzene rings is 4. The van der Waals surface area contributed by atoms with Crippen LogP contribution in [0.4, 0.5) is 36.3 Å². The molecule has 0 aliphatic heterocycles. The number of carbonyl (C=O) groups excluding carboxylic acids is 2. The van der Waals surface area contributed by atoms with Crippen LogP contribution in [-0.4, -0.2) is 111 Å². The van der Waals surface area contributed by atoms with Gasteiger partial charge in [-0.15, -0.1) is 0 Å². The number of ketones is 1. The van der Waals surface area contributed by atoms with Gasteiger partial charge in [0.15, 0.2) is 28.8 Å². The molecule has 0 saturated heterocycles. The van der Waals surface area contributed by atoms with Crippen LogP contribution in [-0.2, 0) is 22.4 Å². The van der Waals surface area contributed by atoms with E-state index in [0.717, 1.165) is 43.4 Å². The van der Waals surface area contributed by atoms with Crippen molar-refractivity contribution >= 4 is 133 Å². The Morgan fingerprint density at radius 3 is 1.33 bits per heavy atom. The number of hydrogen-bond donors (Lipinski definition) is 8. The van der Waals surface area contributed by atoms with Crippen molar-refractivity contribution < 1.29 is 62.2 Å². The maximum Gasteiger partial charge on any atom is 0.412 e. The highest BCUT2D eigenvalue weighted by molar-refractivity contribution is 6.34. The maximum atomic E-state index is 13.6. The van der Waals surface area contributed by atoms with Crippen LogP contribution >= 0.6 is 92.8 Å². The number of aryl methyl sites for hydroxylation is 1. The van der Waals surface area contributed by atoms with E-state index < -0.39 is 40.5 Å². The van der Waals surface area contributed by atoms with E-state index in [1.54, 1.807) is 116 Å². The van der Waals surface area contributed by atoms with Gasteiger partial charge in [-0.25, -0.2) is 43.3 Å². The fourth-order valence-electron chi connectivity index (χ4n) is 8.97. The first kappa shape index (κ1) is 86.6. The molecule has 31 heteroatoms. The van der Waals surface area contributed by atoms with Crippen molar-refractivity contribution in [2.75, 3.05) is 56.5 Å². The molecule has 11 rings (SSSR count). The zero-order valence-electron chi connectivity index (χ0n) is 59.3. The van der Waals surface area contributed by atoms with Crippen molar-refractivity contribution in [1.29, 1.82) is 0 Å². The van der Waals surface area contributed by atoms with Crippen molar-refractivity contribution in [3.05, 3.63) is 214 Å². The first-order valence-corrected chi connectivity index (χ1v) is 35.6. The Morgan fingerprint density at radius 1 is 0.538 bits per heavy atom. The summed E-state index contributed by atoms with van der Waals surface area (Å²) >= 11 is 45.3. The number of nitrogen functional groups attached to an aromatic ring is 1. The van der Waals surface area contributed by atoms with Gasteiger partial charge in [-0.3, -0.25) is 10.1 Å². The third-order valence-corrected chi connectivity index (χ3v) is 16.7. The monoisotopic (exact) mass is 1610 g/mol. The standard InChI is InChI=1S/C27H28ClFN2O4.C15H17ClFN3O.C11H12O4.C10H12Cl2N2O2.C7H7Cl2N.C5H4Cl2N2/c1-27(33,11-10-23(32)17-5-9-24(25(13-17)34-3)35-19-6-7-19)26-15-18(30-2)14-22(31-26)16-4-8-21(29)20(28)12-16;1-15(21,8-18)14-7-10(19-2)6-13(20-14)9-3-4-12(17)11(16)5-9;1-14-10-6-7(11(12)13)2-5-9(10)15-8-3-4-8;1-10(2,3)16-9(15)13-6-4-7(11)14-8(12)5-6;1-2-5-3-6(8)10-7(9)4-5;6-4-1-3(8)2-5(7)9-4/h4-5,8-9,12-15,19,33H,6-7,10-11H2,1-3H3,(H,30,31);3-7,21H,8,18H2,1-2H3,(H,19,20);2,5-6,8H,3-4H2,1H3,(H,12,13);4-5H,1-3H3,(H,13,14,15);3-4H,2H2,1H3;1-2H,(H2,8,9). The molecule has 4 aromatic carbocycles. The molecule has 5 aromatic heterocycles. The molecule has 0 bridgehead atoms. The van der Waals surface area contributed by atoms with E-state index in [1.807, 2.05) is 19.1 Å². The molecule has 0 spiro atoms. The van der Waals surface area contributed by atoms with E-state index in [2.05, 4.69) is 40.9 Å². The minimum atomic E-state index is -1.39. The third-order valence-electron chi connectivity index (χ3n) is 15.0. The average Bonchev–Trinajstić information content (AvgIpc) is 1.04. The van der Waals surface area contributed by atoms with E-state index >= 15 is 0 Å². The molecule has 9 aromatic rings. The van der Waals surface area contributed by atoms with Crippen LogP contribution in [0.25, 0.3) is 22.5 Å². The van der Waals surface area contributed by atoms with Gasteiger partial charge in [0, 0.05) is 60.8 Å². The lowest BCUT2D eigenvalue weighted by Gasteiger charge is -2.24. The SMILES string of the molecule is CC(C)(C)OC(=O)Nc1cc(Cl)nc(Cl)c1.CCc1cc(Cl)nc(Cl)c1.CNc1cc(-c2ccc(F)c(Cl)c2)nc(C(C)(O)CCC(=O)c2ccc(OC3CC3)c(OC)c2)c1.CNc1cc(-c2ccc(F)c(Cl)c2)nc(C(C)(O)CN)c1.COc1cc(C(=O)O)ccc1OC1CC1.Nc1cc(Cl)nc(Cl)c1. The fraction of sp³-hybridized carbons (Fsp3) is 0.307. The number of hydrogen-bond acceptors (Lipinski definition) is 19. The van der Waals surface area contributed by atoms with E-state index in [4.69, 9.17) is 133 Å². The second-order valence-corrected chi connectivity index (χ2v) is 28.1. The number of Topliss-reactive ketones (excluding diaryl/α,β-unsaturated/α-hetero) is 1. The minimum Gasteiger partial charge on any atom is -0.493 e. The Kier molecular flexibility index (Phi) is 32.7. The van der Waals surface area contributed by atoms with Crippen molar-refractivity contribution in [2.24, 2.45) is 5.73 Å². The first-order chi connectivity index (χ1) is 49.9. The third kappa shape index (κ3) is 28.4. The summed E-state index contributed by atoms with van der Waals surface area (Å²) in [5.74, 6) is 0.129. The number of aliphatic hydroxyl groups is 2. The molecule has 2 fully saturated rings. The van der Waals surface area contributed by atoms with Crippen LogP contribution in [0.2, 0.25) is 41.0 Å². The van der Waals surface area contributed by atoms with Crippen LogP contribution in [0.5, 0.6) is 23.0 Å². The molecule has 2 unspecified atom stereocenters. The zero-order chi connectivity index (χ0) is 78.4. The molecular weight excluding hydrogens is 1540 g/mol. The van der Waals surface area contributed by atoms with E-state index in [1.165, 1.54) is 67.8 Å². The van der Waals surface area contributed by atoms with Gasteiger partial charge >= 0.3 is 12.1 Å². The molecule has 566 valence electrons. The summed E-state index contributed by atoms with van der Waals surface area (Å²) in [4.78, 5) is 55.3. The van der Waals surface area contributed by atoms with Gasteiger partial charge < -0.3 is 61.1 Å². The van der Waals surface area contributed by atoms with Crippen molar-refractivity contribution in [3.8, 4) is 45.5 Å². The summed E-state index contributed by atoms with van der Waals surface area (Å²) in [6.07, 6.45) is 5.28. The van der Waals surface area contributed by atoms with Crippen molar-refractivity contribution in [3.63, 3.8) is 0 Å². The quantitative estimate of drug-likeness (QED) is 0.0260. The predicted octanol–water partition coefficient (Wildman–Crippen LogP) is 19.3. The molecule has 5 heterocycles. The number of pyridine rings is 5. The van der Waals surface area contributed by atoms with Crippen molar-refractivity contribution in [1.82, 2.24) is 24.9 Å². The highest BCUT2D eigenvalue weighted by Crippen LogP contribution is 2.38. The van der Waals surface area contributed by atoms with Crippen LogP contribution < -0.4 is 46.4 Å². The number of methoxy groups -OCH3 is 2. The molecule has 1 amide bonds. The number of amides is 1. The average molecular weight is 1620 g/mol. The van der Waals surface area contributed by atoms with Gasteiger partial charge in [0.25, 0.3) is 0 Å². The van der Waals surface area contributed by atoms with Gasteiger partial charge in [0.2, 0.25) is 0 Å². The fourth-order valence-corrected chi connectivity index (χ4v) is 10.8. The highest BCUT2D eigenvalue weighted by Gasteiger charge is 2.30.